The normalized spacial score (nSPS) is 21.6. The number of rotatable bonds is 4. The highest BCUT2D eigenvalue weighted by Gasteiger charge is 2.40. The number of likely N-dealkylation sites (tertiary alicyclic amines) is 1. The van der Waals surface area contributed by atoms with Crippen LogP contribution in [0, 0.1) is 12.8 Å². The standard InChI is InChI=1S/C19H23F3N2S/c1-14-5-8-16(9-6-14)25-23-17-13-15(19(20,21)22)7-10-18(17)24-11-3-2-4-12-24/h5-10,15,23H,2-4,11-13H2,1H3. The molecule has 1 aromatic carbocycles. The molecular weight excluding hydrogens is 345 g/mol. The highest BCUT2D eigenvalue weighted by atomic mass is 32.2. The minimum Gasteiger partial charge on any atom is -0.370 e. The molecule has 25 heavy (non-hydrogen) atoms. The van der Waals surface area contributed by atoms with Crippen molar-refractivity contribution >= 4 is 11.9 Å². The summed E-state index contributed by atoms with van der Waals surface area (Å²) in [6, 6.07) is 7.97. The monoisotopic (exact) mass is 368 g/mol. The van der Waals surface area contributed by atoms with Crippen molar-refractivity contribution < 1.29 is 13.2 Å². The smallest absolute Gasteiger partial charge is 0.370 e. The third-order valence-electron chi connectivity index (χ3n) is 4.65. The Bertz CT molecular complexity index is 644. The molecule has 2 nitrogen and oxygen atoms in total. The predicted octanol–water partition coefficient (Wildman–Crippen LogP) is 5.43. The summed E-state index contributed by atoms with van der Waals surface area (Å²) in [5.74, 6) is -1.41. The van der Waals surface area contributed by atoms with E-state index in [1.165, 1.54) is 24.4 Å². The number of hydrogen-bond donors (Lipinski definition) is 1. The van der Waals surface area contributed by atoms with Gasteiger partial charge in [-0.1, -0.05) is 23.8 Å². The van der Waals surface area contributed by atoms with E-state index in [1.54, 1.807) is 6.08 Å². The molecule has 0 saturated carbocycles. The van der Waals surface area contributed by atoms with Gasteiger partial charge in [-0.25, -0.2) is 0 Å². The molecule has 6 heteroatoms. The molecule has 1 N–H and O–H groups in total. The molecule has 1 aliphatic heterocycles. The molecule has 0 bridgehead atoms. The van der Waals surface area contributed by atoms with Crippen LogP contribution >= 0.6 is 11.9 Å². The van der Waals surface area contributed by atoms with E-state index in [0.29, 0.717) is 5.70 Å². The molecule has 1 aliphatic carbocycles. The summed E-state index contributed by atoms with van der Waals surface area (Å²) in [6.45, 7) is 3.84. The van der Waals surface area contributed by atoms with E-state index in [0.717, 1.165) is 42.1 Å². The third-order valence-corrected chi connectivity index (χ3v) is 5.51. The van der Waals surface area contributed by atoms with Gasteiger partial charge < -0.3 is 9.62 Å². The van der Waals surface area contributed by atoms with Crippen molar-refractivity contribution in [2.24, 2.45) is 5.92 Å². The molecule has 1 heterocycles. The number of nitrogens with one attached hydrogen (secondary N) is 1. The molecule has 2 aliphatic rings. The zero-order valence-corrected chi connectivity index (χ0v) is 15.1. The minimum absolute atomic E-state index is 0.0231. The van der Waals surface area contributed by atoms with Gasteiger partial charge in [-0.15, -0.1) is 0 Å². The molecular formula is C19H23F3N2S. The second-order valence-electron chi connectivity index (χ2n) is 6.64. The fourth-order valence-corrected chi connectivity index (χ4v) is 3.88. The SMILES string of the molecule is Cc1ccc(SNC2=C(N3CCCCC3)C=CC(C(F)(F)F)C2)cc1. The van der Waals surface area contributed by atoms with Crippen LogP contribution in [0.1, 0.15) is 31.2 Å². The number of halogens is 3. The first kappa shape index (κ1) is 18.2. The van der Waals surface area contributed by atoms with Crippen molar-refractivity contribution in [1.82, 2.24) is 9.62 Å². The van der Waals surface area contributed by atoms with E-state index in [4.69, 9.17) is 0 Å². The highest BCUT2D eigenvalue weighted by Crippen LogP contribution is 2.37. The summed E-state index contributed by atoms with van der Waals surface area (Å²) in [4.78, 5) is 3.21. The quantitative estimate of drug-likeness (QED) is 0.714. The van der Waals surface area contributed by atoms with E-state index in [2.05, 4.69) is 9.62 Å². The molecule has 0 amide bonds. The number of alkyl halides is 3. The molecule has 1 aromatic rings. The van der Waals surface area contributed by atoms with Gasteiger partial charge in [-0.05, 0) is 56.3 Å². The highest BCUT2D eigenvalue weighted by molar-refractivity contribution is 7.97. The number of hydrogen-bond acceptors (Lipinski definition) is 3. The summed E-state index contributed by atoms with van der Waals surface area (Å²) in [7, 11) is 0. The van der Waals surface area contributed by atoms with Crippen LogP contribution < -0.4 is 4.72 Å². The van der Waals surface area contributed by atoms with Gasteiger partial charge >= 0.3 is 6.18 Å². The van der Waals surface area contributed by atoms with Crippen molar-refractivity contribution in [1.29, 1.82) is 0 Å². The number of piperidine rings is 1. The van der Waals surface area contributed by atoms with Gasteiger partial charge in [0.1, 0.15) is 0 Å². The van der Waals surface area contributed by atoms with Gasteiger partial charge in [-0.2, -0.15) is 13.2 Å². The molecule has 0 spiro atoms. The summed E-state index contributed by atoms with van der Waals surface area (Å²) in [5, 5.41) is 0. The fourth-order valence-electron chi connectivity index (χ4n) is 3.18. The van der Waals surface area contributed by atoms with Crippen molar-refractivity contribution in [2.75, 3.05) is 13.1 Å². The molecule has 1 atom stereocenters. The molecule has 136 valence electrons. The number of benzene rings is 1. The van der Waals surface area contributed by atoms with Gasteiger partial charge in [-0.3, -0.25) is 0 Å². The maximum Gasteiger partial charge on any atom is 0.395 e. The number of allylic oxidation sites excluding steroid dienone is 3. The minimum atomic E-state index is -4.20. The number of aryl methyl sites for hydroxylation is 1. The van der Waals surface area contributed by atoms with E-state index >= 15 is 0 Å². The fraction of sp³-hybridized carbons (Fsp3) is 0.474. The average molecular weight is 368 g/mol. The Kier molecular flexibility index (Phi) is 5.67. The van der Waals surface area contributed by atoms with Crippen LogP contribution in [0.2, 0.25) is 0 Å². The van der Waals surface area contributed by atoms with Gasteiger partial charge in [0.2, 0.25) is 0 Å². The van der Waals surface area contributed by atoms with Crippen LogP contribution in [0.3, 0.4) is 0 Å². The molecule has 0 radical (unpaired) electrons. The molecule has 0 aromatic heterocycles. The topological polar surface area (TPSA) is 15.3 Å². The Morgan fingerprint density at radius 1 is 1.08 bits per heavy atom. The van der Waals surface area contributed by atoms with Gasteiger partial charge in [0.25, 0.3) is 0 Å². The van der Waals surface area contributed by atoms with Crippen molar-refractivity contribution in [3.63, 3.8) is 0 Å². The van der Waals surface area contributed by atoms with E-state index in [-0.39, 0.29) is 6.42 Å². The first-order valence-electron chi connectivity index (χ1n) is 8.66. The Balaban J connectivity index is 1.77. The lowest BCUT2D eigenvalue weighted by Crippen LogP contribution is -2.34. The summed E-state index contributed by atoms with van der Waals surface area (Å²) >= 11 is 1.38. The molecule has 1 unspecified atom stereocenters. The van der Waals surface area contributed by atoms with Crippen LogP contribution in [-0.4, -0.2) is 24.2 Å². The summed E-state index contributed by atoms with van der Waals surface area (Å²) in [5.41, 5.74) is 2.76. The Morgan fingerprint density at radius 3 is 2.40 bits per heavy atom. The largest absolute Gasteiger partial charge is 0.395 e. The second kappa shape index (κ2) is 7.77. The first-order valence-corrected chi connectivity index (χ1v) is 9.47. The molecule has 3 rings (SSSR count). The van der Waals surface area contributed by atoms with Crippen molar-refractivity contribution in [3.8, 4) is 0 Å². The van der Waals surface area contributed by atoms with Crippen LogP contribution in [-0.2, 0) is 0 Å². The van der Waals surface area contributed by atoms with E-state index in [1.807, 2.05) is 31.2 Å². The first-order chi connectivity index (χ1) is 11.9. The van der Waals surface area contributed by atoms with E-state index in [9.17, 15) is 13.2 Å². The average Bonchev–Trinajstić information content (AvgIpc) is 2.61. The van der Waals surface area contributed by atoms with Crippen LogP contribution in [0.25, 0.3) is 0 Å². The lowest BCUT2D eigenvalue weighted by atomic mass is 9.95. The lowest BCUT2D eigenvalue weighted by molar-refractivity contribution is -0.161. The van der Waals surface area contributed by atoms with Crippen LogP contribution in [0.15, 0.2) is 52.7 Å². The lowest BCUT2D eigenvalue weighted by Gasteiger charge is -2.34. The maximum absolute atomic E-state index is 13.2. The maximum atomic E-state index is 13.2. The molecule has 1 saturated heterocycles. The summed E-state index contributed by atoms with van der Waals surface area (Å²) in [6.07, 6.45) is 2.13. The van der Waals surface area contributed by atoms with E-state index < -0.39 is 12.1 Å². The van der Waals surface area contributed by atoms with Crippen molar-refractivity contribution in [3.05, 3.63) is 53.4 Å². The Hall–Kier alpha value is -1.56. The second-order valence-corrected chi connectivity index (χ2v) is 7.52. The number of nitrogens with zero attached hydrogens (tertiary/aromatic N) is 1. The molecule has 1 fully saturated rings. The zero-order valence-electron chi connectivity index (χ0n) is 14.3. The van der Waals surface area contributed by atoms with Crippen molar-refractivity contribution in [2.45, 2.75) is 43.7 Å². The predicted molar refractivity (Wildman–Crippen MR) is 95.9 cm³/mol. The summed E-state index contributed by atoms with van der Waals surface area (Å²) < 4.78 is 42.7. The van der Waals surface area contributed by atoms with Gasteiger partial charge in [0, 0.05) is 30.1 Å². The van der Waals surface area contributed by atoms with Crippen LogP contribution in [0.5, 0.6) is 0 Å². The third kappa shape index (κ3) is 4.75. The Morgan fingerprint density at radius 2 is 1.76 bits per heavy atom. The zero-order chi connectivity index (χ0) is 17.9. The Labute approximate surface area is 151 Å². The van der Waals surface area contributed by atoms with Gasteiger partial charge in [0.05, 0.1) is 11.6 Å². The van der Waals surface area contributed by atoms with Gasteiger partial charge in [0.15, 0.2) is 0 Å². The van der Waals surface area contributed by atoms with Crippen LogP contribution in [0.4, 0.5) is 13.2 Å².